The van der Waals surface area contributed by atoms with Crippen LogP contribution in [-0.2, 0) is 6.42 Å². The summed E-state index contributed by atoms with van der Waals surface area (Å²) in [6, 6.07) is 6.58. The van der Waals surface area contributed by atoms with Gasteiger partial charge < -0.3 is 5.32 Å². The van der Waals surface area contributed by atoms with Gasteiger partial charge in [0.1, 0.15) is 0 Å². The third kappa shape index (κ3) is 2.12. The van der Waals surface area contributed by atoms with Gasteiger partial charge in [-0.15, -0.1) is 0 Å². The molecule has 1 fully saturated rings. The minimum atomic E-state index is 0.845. The van der Waals surface area contributed by atoms with Crippen LogP contribution in [-0.4, -0.2) is 13.1 Å². The molecule has 2 rings (SSSR count). The quantitative estimate of drug-likeness (QED) is 0.837. The third-order valence-electron chi connectivity index (χ3n) is 2.58. The first-order valence-corrected chi connectivity index (χ1v) is 5.51. The van der Waals surface area contributed by atoms with Crippen LogP contribution in [0.2, 0.25) is 0 Å². The number of rotatable bonds is 2. The van der Waals surface area contributed by atoms with Crippen LogP contribution < -0.4 is 5.32 Å². The van der Waals surface area contributed by atoms with E-state index in [-0.39, 0.29) is 0 Å². The summed E-state index contributed by atoms with van der Waals surface area (Å²) in [7, 11) is 0. The molecule has 0 atom stereocenters. The summed E-state index contributed by atoms with van der Waals surface area (Å²) in [5, 5.41) is 3.30. The molecule has 70 valence electrons. The molecule has 2 heteroatoms. The smallest absolute Gasteiger partial charge is 0.0207 e. The molecule has 13 heavy (non-hydrogen) atoms. The minimum Gasteiger partial charge on any atom is -0.316 e. The van der Waals surface area contributed by atoms with Crippen molar-refractivity contribution in [1.29, 1.82) is 0 Å². The molecule has 1 aliphatic rings. The maximum atomic E-state index is 3.59. The van der Waals surface area contributed by atoms with Crippen molar-refractivity contribution in [2.24, 2.45) is 5.92 Å². The van der Waals surface area contributed by atoms with Crippen LogP contribution in [0.4, 0.5) is 0 Å². The van der Waals surface area contributed by atoms with E-state index in [0.29, 0.717) is 0 Å². The fraction of sp³-hybridized carbons (Fsp3) is 0.455. The molecule has 0 unspecified atom stereocenters. The zero-order chi connectivity index (χ0) is 9.26. The van der Waals surface area contributed by atoms with Gasteiger partial charge >= 0.3 is 0 Å². The van der Waals surface area contributed by atoms with Crippen molar-refractivity contribution in [3.05, 3.63) is 33.8 Å². The summed E-state index contributed by atoms with van der Waals surface area (Å²) < 4.78 is 1.25. The Labute approximate surface area is 87.7 Å². The molecule has 0 aliphatic carbocycles. The Morgan fingerprint density at radius 2 is 2.23 bits per heavy atom. The lowest BCUT2D eigenvalue weighted by Gasteiger charge is -2.27. The van der Waals surface area contributed by atoms with Gasteiger partial charge in [0.05, 0.1) is 0 Å². The zero-order valence-electron chi connectivity index (χ0n) is 7.81. The van der Waals surface area contributed by atoms with Gasteiger partial charge in [-0.2, -0.15) is 0 Å². The minimum absolute atomic E-state index is 0.845. The SMILES string of the molecule is Cc1ccc(Br)c(CC2CNC2)c1. The maximum absolute atomic E-state index is 3.59. The maximum Gasteiger partial charge on any atom is 0.0207 e. The lowest BCUT2D eigenvalue weighted by Crippen LogP contribution is -2.43. The zero-order valence-corrected chi connectivity index (χ0v) is 9.39. The van der Waals surface area contributed by atoms with Gasteiger partial charge in [0.2, 0.25) is 0 Å². The van der Waals surface area contributed by atoms with Crippen LogP contribution in [0, 0.1) is 12.8 Å². The number of hydrogen-bond acceptors (Lipinski definition) is 1. The molecule has 1 aromatic carbocycles. The van der Waals surface area contributed by atoms with E-state index in [1.165, 1.54) is 35.1 Å². The molecule has 0 saturated carbocycles. The molecule has 1 nitrogen and oxygen atoms in total. The van der Waals surface area contributed by atoms with Crippen LogP contribution in [0.3, 0.4) is 0 Å². The van der Waals surface area contributed by atoms with Gasteiger partial charge in [-0.1, -0.05) is 33.6 Å². The van der Waals surface area contributed by atoms with E-state index >= 15 is 0 Å². The predicted octanol–water partition coefficient (Wildman–Crippen LogP) is 2.52. The molecule has 0 bridgehead atoms. The summed E-state index contributed by atoms with van der Waals surface area (Å²) in [6.07, 6.45) is 1.20. The normalized spacial score (nSPS) is 17.1. The summed E-state index contributed by atoms with van der Waals surface area (Å²) in [5.74, 6) is 0.845. The molecule has 1 heterocycles. The number of halogens is 1. The molecular formula is C11H14BrN. The average Bonchev–Trinajstić information content (AvgIpc) is 2.03. The second-order valence-corrected chi connectivity index (χ2v) is 4.68. The highest BCUT2D eigenvalue weighted by atomic mass is 79.9. The Morgan fingerprint density at radius 3 is 2.85 bits per heavy atom. The van der Waals surface area contributed by atoms with Gasteiger partial charge in [0.15, 0.2) is 0 Å². The van der Waals surface area contributed by atoms with Crippen molar-refractivity contribution in [3.63, 3.8) is 0 Å². The van der Waals surface area contributed by atoms with E-state index in [0.717, 1.165) is 5.92 Å². The largest absolute Gasteiger partial charge is 0.316 e. The fourth-order valence-corrected chi connectivity index (χ4v) is 2.07. The Balaban J connectivity index is 2.13. The molecule has 0 spiro atoms. The number of hydrogen-bond donors (Lipinski definition) is 1. The van der Waals surface area contributed by atoms with Gasteiger partial charge in [-0.3, -0.25) is 0 Å². The highest BCUT2D eigenvalue weighted by Crippen LogP contribution is 2.22. The monoisotopic (exact) mass is 239 g/mol. The summed E-state index contributed by atoms with van der Waals surface area (Å²) in [6.45, 7) is 4.51. The van der Waals surface area contributed by atoms with Crippen LogP contribution >= 0.6 is 15.9 Å². The van der Waals surface area contributed by atoms with E-state index in [9.17, 15) is 0 Å². The first-order valence-electron chi connectivity index (χ1n) is 4.71. The molecule has 1 saturated heterocycles. The number of benzene rings is 1. The summed E-state index contributed by atoms with van der Waals surface area (Å²) in [5.41, 5.74) is 2.80. The molecule has 0 amide bonds. The molecule has 0 aromatic heterocycles. The standard InChI is InChI=1S/C11H14BrN/c1-8-2-3-11(12)10(4-8)5-9-6-13-7-9/h2-4,9,13H,5-7H2,1H3. The Bertz CT molecular complexity index is 305. The highest BCUT2D eigenvalue weighted by Gasteiger charge is 2.17. The van der Waals surface area contributed by atoms with Crippen molar-refractivity contribution < 1.29 is 0 Å². The highest BCUT2D eigenvalue weighted by molar-refractivity contribution is 9.10. The number of aryl methyl sites for hydroxylation is 1. The van der Waals surface area contributed by atoms with Gasteiger partial charge in [0, 0.05) is 4.47 Å². The molecule has 1 N–H and O–H groups in total. The second-order valence-electron chi connectivity index (χ2n) is 3.82. The van der Waals surface area contributed by atoms with Crippen molar-refractivity contribution in [2.45, 2.75) is 13.3 Å². The summed E-state index contributed by atoms with van der Waals surface area (Å²) in [4.78, 5) is 0. The average molecular weight is 240 g/mol. The van der Waals surface area contributed by atoms with Crippen LogP contribution in [0.5, 0.6) is 0 Å². The first-order chi connectivity index (χ1) is 6.25. The van der Waals surface area contributed by atoms with E-state index in [1.807, 2.05) is 0 Å². The fourth-order valence-electron chi connectivity index (χ4n) is 1.66. The Kier molecular flexibility index (Phi) is 2.70. The van der Waals surface area contributed by atoms with Crippen LogP contribution in [0.1, 0.15) is 11.1 Å². The van der Waals surface area contributed by atoms with Crippen molar-refractivity contribution in [3.8, 4) is 0 Å². The van der Waals surface area contributed by atoms with Crippen molar-refractivity contribution in [2.75, 3.05) is 13.1 Å². The molecule has 1 aliphatic heterocycles. The van der Waals surface area contributed by atoms with Gasteiger partial charge in [0.25, 0.3) is 0 Å². The Hall–Kier alpha value is -0.340. The Morgan fingerprint density at radius 1 is 1.46 bits per heavy atom. The third-order valence-corrected chi connectivity index (χ3v) is 3.35. The lowest BCUT2D eigenvalue weighted by atomic mass is 9.94. The van der Waals surface area contributed by atoms with Gasteiger partial charge in [-0.05, 0) is 44.0 Å². The second kappa shape index (κ2) is 3.81. The molecular weight excluding hydrogens is 226 g/mol. The summed E-state index contributed by atoms with van der Waals surface area (Å²) >= 11 is 3.59. The van der Waals surface area contributed by atoms with Crippen LogP contribution in [0.25, 0.3) is 0 Å². The lowest BCUT2D eigenvalue weighted by molar-refractivity contribution is 0.346. The molecule has 1 aromatic rings. The van der Waals surface area contributed by atoms with Crippen molar-refractivity contribution in [1.82, 2.24) is 5.32 Å². The molecule has 0 radical (unpaired) electrons. The van der Waals surface area contributed by atoms with E-state index < -0.39 is 0 Å². The van der Waals surface area contributed by atoms with Crippen molar-refractivity contribution >= 4 is 15.9 Å². The topological polar surface area (TPSA) is 12.0 Å². The first kappa shape index (κ1) is 9.22. The van der Waals surface area contributed by atoms with Crippen LogP contribution in [0.15, 0.2) is 22.7 Å². The number of nitrogens with one attached hydrogen (secondary N) is 1. The predicted molar refractivity (Wildman–Crippen MR) is 58.9 cm³/mol. The van der Waals surface area contributed by atoms with E-state index in [1.54, 1.807) is 0 Å². The van der Waals surface area contributed by atoms with E-state index in [4.69, 9.17) is 0 Å². The van der Waals surface area contributed by atoms with E-state index in [2.05, 4.69) is 46.4 Å². The van der Waals surface area contributed by atoms with Gasteiger partial charge in [-0.25, -0.2) is 0 Å².